The van der Waals surface area contributed by atoms with Crippen LogP contribution in [-0.4, -0.2) is 25.5 Å². The number of rotatable bonds is 3. The fraction of sp³-hybridized carbons (Fsp3) is 0.750. The summed E-state index contributed by atoms with van der Waals surface area (Å²) in [5.74, 6) is 1.90. The molecule has 1 aliphatic rings. The molecule has 1 aromatic heterocycles. The Hall–Kier alpha value is -0.910. The number of hydrogen-bond acceptors (Lipinski definition) is 3. The van der Waals surface area contributed by atoms with Crippen LogP contribution in [0.2, 0.25) is 0 Å². The molecule has 0 bridgehead atoms. The van der Waals surface area contributed by atoms with Crippen LogP contribution < -0.4 is 5.32 Å². The van der Waals surface area contributed by atoms with Gasteiger partial charge in [0, 0.05) is 13.0 Å². The molecule has 0 aromatic carbocycles. The van der Waals surface area contributed by atoms with Crippen molar-refractivity contribution in [2.24, 2.45) is 0 Å². The molecule has 1 aliphatic heterocycles. The van der Waals surface area contributed by atoms with Gasteiger partial charge >= 0.3 is 0 Å². The van der Waals surface area contributed by atoms with E-state index in [4.69, 9.17) is 0 Å². The molecule has 0 saturated carbocycles. The van der Waals surface area contributed by atoms with Gasteiger partial charge in [-0.25, -0.2) is 0 Å². The van der Waals surface area contributed by atoms with Gasteiger partial charge < -0.3 is 9.88 Å². The number of carbonyl (C=O) groups is 1. The number of hydrogen-bond donors (Lipinski definition) is 1. The monoisotopic (exact) mass is 314 g/mol. The van der Waals surface area contributed by atoms with Crippen LogP contribution >= 0.6 is 15.9 Å². The quantitative estimate of drug-likeness (QED) is 0.868. The molecule has 18 heavy (non-hydrogen) atoms. The second-order valence-corrected chi connectivity index (χ2v) is 6.16. The summed E-state index contributed by atoms with van der Waals surface area (Å²) < 4.78 is 2.16. The summed E-state index contributed by atoms with van der Waals surface area (Å²) in [5.41, 5.74) is 0. The highest BCUT2D eigenvalue weighted by molar-refractivity contribution is 9.10. The van der Waals surface area contributed by atoms with Crippen molar-refractivity contribution < 1.29 is 4.79 Å². The number of nitrogens with one attached hydrogen (secondary N) is 1. The lowest BCUT2D eigenvalue weighted by Crippen LogP contribution is -2.33. The predicted octanol–water partition coefficient (Wildman–Crippen LogP) is 1.97. The molecule has 100 valence electrons. The number of carbonyl (C=O) groups excluding carboxylic acids is 1. The summed E-state index contributed by atoms with van der Waals surface area (Å²) in [6.45, 7) is 4.73. The first kappa shape index (κ1) is 13.5. The third-order valence-corrected chi connectivity index (χ3v) is 3.66. The average molecular weight is 315 g/mol. The van der Waals surface area contributed by atoms with E-state index in [2.05, 4.69) is 36.0 Å². The van der Waals surface area contributed by atoms with E-state index >= 15 is 0 Å². The molecule has 1 amide bonds. The smallest absolute Gasteiger partial charge is 0.234 e. The van der Waals surface area contributed by atoms with E-state index in [1.165, 1.54) is 12.8 Å². The minimum absolute atomic E-state index is 0.0199. The van der Waals surface area contributed by atoms with Gasteiger partial charge in [-0.2, -0.15) is 0 Å². The predicted molar refractivity (Wildman–Crippen MR) is 72.5 cm³/mol. The molecule has 2 atom stereocenters. The third kappa shape index (κ3) is 2.91. The number of alkyl halides is 1. The molecule has 0 saturated heterocycles. The lowest BCUT2D eigenvalue weighted by Gasteiger charge is -2.16. The van der Waals surface area contributed by atoms with Crippen LogP contribution in [0.25, 0.3) is 0 Å². The molecule has 2 heterocycles. The average Bonchev–Trinajstić information content (AvgIpc) is 2.58. The Morgan fingerprint density at radius 2 is 2.11 bits per heavy atom. The lowest BCUT2D eigenvalue weighted by atomic mass is 10.2. The third-order valence-electron chi connectivity index (χ3n) is 3.25. The maximum absolute atomic E-state index is 11.7. The normalized spacial score (nSPS) is 18.6. The maximum atomic E-state index is 11.7. The molecule has 1 aromatic rings. The Bertz CT molecular complexity index is 430. The fourth-order valence-corrected chi connectivity index (χ4v) is 2.35. The second kappa shape index (κ2) is 5.82. The van der Waals surface area contributed by atoms with Crippen molar-refractivity contribution >= 4 is 21.8 Å². The Balaban J connectivity index is 2.13. The second-order valence-electron chi connectivity index (χ2n) is 4.78. The van der Waals surface area contributed by atoms with Crippen molar-refractivity contribution in [2.75, 3.05) is 0 Å². The molecule has 1 N–H and O–H groups in total. The Morgan fingerprint density at radius 1 is 1.33 bits per heavy atom. The maximum Gasteiger partial charge on any atom is 0.234 e. The van der Waals surface area contributed by atoms with E-state index in [1.807, 2.05) is 13.8 Å². The first-order chi connectivity index (χ1) is 8.59. The summed E-state index contributed by atoms with van der Waals surface area (Å²) in [6.07, 6.45) is 4.56. The Kier molecular flexibility index (Phi) is 4.37. The van der Waals surface area contributed by atoms with E-state index in [1.54, 1.807) is 0 Å². The zero-order valence-corrected chi connectivity index (χ0v) is 12.4. The number of fused-ring (bicyclic) bond motifs is 1. The number of aryl methyl sites for hydroxylation is 1. The molecule has 0 fully saturated rings. The van der Waals surface area contributed by atoms with Crippen molar-refractivity contribution in [3.05, 3.63) is 11.6 Å². The number of nitrogens with zero attached hydrogens (tertiary/aromatic N) is 3. The van der Waals surface area contributed by atoms with Crippen LogP contribution in [0.5, 0.6) is 0 Å². The van der Waals surface area contributed by atoms with Gasteiger partial charge in [-0.1, -0.05) is 22.4 Å². The van der Waals surface area contributed by atoms with Gasteiger partial charge in [-0.15, -0.1) is 10.2 Å². The molecule has 2 unspecified atom stereocenters. The molecule has 0 spiro atoms. The van der Waals surface area contributed by atoms with Crippen LogP contribution in [0.15, 0.2) is 0 Å². The van der Waals surface area contributed by atoms with Crippen molar-refractivity contribution in [2.45, 2.75) is 56.9 Å². The van der Waals surface area contributed by atoms with E-state index < -0.39 is 0 Å². The number of amides is 1. The first-order valence-corrected chi connectivity index (χ1v) is 7.37. The van der Waals surface area contributed by atoms with E-state index in [0.29, 0.717) is 0 Å². The zero-order valence-electron chi connectivity index (χ0n) is 10.8. The fourth-order valence-electron chi connectivity index (χ4n) is 2.22. The molecule has 5 nitrogen and oxygen atoms in total. The first-order valence-electron chi connectivity index (χ1n) is 6.46. The SMILES string of the molecule is CC(Br)C(=O)NC(C)c1nnc2n1CCCCC2. The highest BCUT2D eigenvalue weighted by atomic mass is 79.9. The topological polar surface area (TPSA) is 59.8 Å². The minimum Gasteiger partial charge on any atom is -0.345 e. The molecule has 0 radical (unpaired) electrons. The van der Waals surface area contributed by atoms with E-state index in [9.17, 15) is 4.79 Å². The number of aromatic nitrogens is 3. The van der Waals surface area contributed by atoms with Crippen molar-refractivity contribution in [3.63, 3.8) is 0 Å². The summed E-state index contributed by atoms with van der Waals surface area (Å²) >= 11 is 3.26. The highest BCUT2D eigenvalue weighted by Crippen LogP contribution is 2.18. The van der Waals surface area contributed by atoms with E-state index in [0.717, 1.165) is 31.0 Å². The molecule has 0 aliphatic carbocycles. The van der Waals surface area contributed by atoms with Gasteiger partial charge in [-0.3, -0.25) is 4.79 Å². The molecule has 2 rings (SSSR count). The summed E-state index contributed by atoms with van der Waals surface area (Å²) in [4.78, 5) is 11.5. The van der Waals surface area contributed by atoms with E-state index in [-0.39, 0.29) is 16.8 Å². The largest absolute Gasteiger partial charge is 0.345 e. The highest BCUT2D eigenvalue weighted by Gasteiger charge is 2.21. The van der Waals surface area contributed by atoms with Gasteiger partial charge in [0.05, 0.1) is 10.9 Å². The Labute approximate surface area is 115 Å². The van der Waals surface area contributed by atoms with Gasteiger partial charge in [0.15, 0.2) is 5.82 Å². The van der Waals surface area contributed by atoms with Gasteiger partial charge in [0.1, 0.15) is 5.82 Å². The minimum atomic E-state index is -0.188. The number of halogens is 1. The lowest BCUT2D eigenvalue weighted by molar-refractivity contribution is -0.120. The van der Waals surface area contributed by atoms with Gasteiger partial charge in [-0.05, 0) is 26.7 Å². The molecular weight excluding hydrogens is 296 g/mol. The van der Waals surface area contributed by atoms with Crippen molar-refractivity contribution in [1.82, 2.24) is 20.1 Å². The molecular formula is C12H19BrN4O. The summed E-state index contributed by atoms with van der Waals surface area (Å²) in [6, 6.07) is -0.100. The standard InChI is InChI=1S/C12H19BrN4O/c1-8(13)12(18)14-9(2)11-16-15-10-6-4-3-5-7-17(10)11/h8-9H,3-7H2,1-2H3,(H,14,18). The van der Waals surface area contributed by atoms with Crippen molar-refractivity contribution in [1.29, 1.82) is 0 Å². The van der Waals surface area contributed by atoms with Gasteiger partial charge in [0.25, 0.3) is 0 Å². The van der Waals surface area contributed by atoms with Crippen LogP contribution in [-0.2, 0) is 17.8 Å². The molecule has 6 heteroatoms. The van der Waals surface area contributed by atoms with Crippen molar-refractivity contribution in [3.8, 4) is 0 Å². The summed E-state index contributed by atoms with van der Waals surface area (Å²) in [5, 5.41) is 11.4. The van der Waals surface area contributed by atoms with Crippen LogP contribution in [0.3, 0.4) is 0 Å². The Morgan fingerprint density at radius 3 is 2.83 bits per heavy atom. The zero-order chi connectivity index (χ0) is 13.1. The van der Waals surface area contributed by atoms with Crippen LogP contribution in [0, 0.1) is 0 Å². The van der Waals surface area contributed by atoms with Gasteiger partial charge in [0.2, 0.25) is 5.91 Å². The van der Waals surface area contributed by atoms with Crippen LogP contribution in [0.4, 0.5) is 0 Å². The van der Waals surface area contributed by atoms with Crippen LogP contribution in [0.1, 0.15) is 50.8 Å². The summed E-state index contributed by atoms with van der Waals surface area (Å²) in [7, 11) is 0.